The normalized spacial score (nSPS) is 13.0. The molecule has 0 aliphatic rings. The molecule has 2 heterocycles. The number of rotatable bonds is 5. The molecule has 0 aliphatic heterocycles. The molecule has 11 heteroatoms. The fourth-order valence-corrected chi connectivity index (χ4v) is 3.83. The van der Waals surface area contributed by atoms with Gasteiger partial charge in [0.25, 0.3) is 10.0 Å². The molecule has 5 nitrogen and oxygen atoms in total. The number of sulfonamides is 1. The van der Waals surface area contributed by atoms with E-state index in [4.69, 9.17) is 11.6 Å². The number of hydrogen-bond acceptors (Lipinski definition) is 4. The van der Waals surface area contributed by atoms with E-state index in [0.717, 1.165) is 0 Å². The van der Waals surface area contributed by atoms with Gasteiger partial charge in [-0.25, -0.2) is 18.1 Å². The molecule has 0 unspecified atom stereocenters. The van der Waals surface area contributed by atoms with Crippen molar-refractivity contribution < 1.29 is 21.6 Å². The summed E-state index contributed by atoms with van der Waals surface area (Å²) >= 11 is 5.50. The Morgan fingerprint density at radius 2 is 2.10 bits per heavy atom. The summed E-state index contributed by atoms with van der Waals surface area (Å²) in [6.45, 7) is -0.372. The molecule has 0 amide bonds. The molecule has 0 fully saturated rings. The van der Waals surface area contributed by atoms with E-state index in [1.54, 1.807) is 18.2 Å². The van der Waals surface area contributed by atoms with Crippen molar-refractivity contribution in [2.24, 2.45) is 0 Å². The number of hydrogen-bond donors (Lipinski definition) is 1. The Morgan fingerprint density at radius 3 is 2.76 bits per heavy atom. The number of alkyl halides is 3. The van der Waals surface area contributed by atoms with E-state index >= 15 is 0 Å². The number of pyridine rings is 1. The molecule has 2 aromatic rings. The van der Waals surface area contributed by atoms with Crippen LogP contribution in [0.3, 0.4) is 0 Å². The Hall–Kier alpha value is -0.970. The van der Waals surface area contributed by atoms with E-state index in [9.17, 15) is 21.6 Å². The predicted molar refractivity (Wildman–Crippen MR) is 73.9 cm³/mol. The molecular formula is C10H9ClF3N3O2S2. The predicted octanol–water partition coefficient (Wildman–Crippen LogP) is 2.52. The lowest BCUT2D eigenvalue weighted by atomic mass is 10.5. The first-order valence-corrected chi connectivity index (χ1v) is 8.38. The number of nitrogens with zero attached hydrogens (tertiary/aromatic N) is 2. The van der Waals surface area contributed by atoms with Crippen LogP contribution in [0.2, 0.25) is 5.15 Å². The van der Waals surface area contributed by atoms with Gasteiger partial charge in [-0.05, 0) is 23.9 Å². The molecule has 0 atom stereocenters. The standard InChI is InChI=1S/C10H9ClF3N3O2S2/c11-8-9(17-5-2-1-3-7(17)16-8)21(18,19)15-4-6-20-10(12,13)14/h1-3,5,15H,4,6H2. The van der Waals surface area contributed by atoms with Gasteiger partial charge in [0.1, 0.15) is 5.65 Å². The van der Waals surface area contributed by atoms with Gasteiger partial charge in [0.05, 0.1) is 0 Å². The van der Waals surface area contributed by atoms with Gasteiger partial charge in [-0.1, -0.05) is 17.7 Å². The first kappa shape index (κ1) is 16.4. The van der Waals surface area contributed by atoms with Crippen LogP contribution in [-0.2, 0) is 10.0 Å². The van der Waals surface area contributed by atoms with Crippen LogP contribution in [0.1, 0.15) is 0 Å². The maximum Gasteiger partial charge on any atom is 0.441 e. The second-order valence-corrected chi connectivity index (χ2v) is 7.03. The zero-order valence-electron chi connectivity index (χ0n) is 10.3. The zero-order valence-corrected chi connectivity index (χ0v) is 12.7. The van der Waals surface area contributed by atoms with Crippen LogP contribution in [0.25, 0.3) is 5.65 Å². The Balaban J connectivity index is 2.17. The van der Waals surface area contributed by atoms with Crippen LogP contribution in [0.5, 0.6) is 0 Å². The maximum atomic E-state index is 12.1. The van der Waals surface area contributed by atoms with Crippen molar-refractivity contribution in [3.05, 3.63) is 29.5 Å². The molecule has 0 radical (unpaired) electrons. The van der Waals surface area contributed by atoms with E-state index in [0.29, 0.717) is 5.65 Å². The van der Waals surface area contributed by atoms with E-state index in [1.807, 2.05) is 0 Å². The highest BCUT2D eigenvalue weighted by atomic mass is 35.5. The number of halogens is 4. The number of thioether (sulfide) groups is 1. The Morgan fingerprint density at radius 1 is 1.38 bits per heavy atom. The average Bonchev–Trinajstić information content (AvgIpc) is 2.70. The number of nitrogens with one attached hydrogen (secondary N) is 1. The van der Waals surface area contributed by atoms with Crippen LogP contribution < -0.4 is 4.72 Å². The molecule has 0 spiro atoms. The highest BCUT2D eigenvalue weighted by Crippen LogP contribution is 2.29. The summed E-state index contributed by atoms with van der Waals surface area (Å²) < 4.78 is 63.5. The summed E-state index contributed by atoms with van der Waals surface area (Å²) in [5, 5.41) is -0.533. The molecule has 116 valence electrons. The van der Waals surface area contributed by atoms with E-state index in [2.05, 4.69) is 9.71 Å². The third-order valence-electron chi connectivity index (χ3n) is 2.36. The quantitative estimate of drug-likeness (QED) is 0.833. The monoisotopic (exact) mass is 359 g/mol. The lowest BCUT2D eigenvalue weighted by Gasteiger charge is -2.08. The van der Waals surface area contributed by atoms with Gasteiger partial charge in [0, 0.05) is 18.5 Å². The Labute approximate surface area is 127 Å². The lowest BCUT2D eigenvalue weighted by Crippen LogP contribution is -2.28. The van der Waals surface area contributed by atoms with Gasteiger partial charge >= 0.3 is 5.51 Å². The van der Waals surface area contributed by atoms with Crippen molar-refractivity contribution >= 4 is 39.0 Å². The van der Waals surface area contributed by atoms with Crippen LogP contribution in [0.15, 0.2) is 29.4 Å². The second kappa shape index (κ2) is 6.03. The van der Waals surface area contributed by atoms with Crippen molar-refractivity contribution in [2.75, 3.05) is 12.3 Å². The summed E-state index contributed by atoms with van der Waals surface area (Å²) in [6, 6.07) is 4.80. The summed E-state index contributed by atoms with van der Waals surface area (Å²) in [7, 11) is -4.05. The number of imidazole rings is 1. The van der Waals surface area contributed by atoms with Crippen molar-refractivity contribution in [3.63, 3.8) is 0 Å². The highest BCUT2D eigenvalue weighted by Gasteiger charge is 2.28. The zero-order chi connectivity index (χ0) is 15.7. The molecule has 1 N–H and O–H groups in total. The molecule has 0 aromatic carbocycles. The summed E-state index contributed by atoms with van der Waals surface area (Å²) in [4.78, 5) is 3.87. The van der Waals surface area contributed by atoms with E-state index in [-0.39, 0.29) is 28.5 Å². The fraction of sp³-hybridized carbons (Fsp3) is 0.300. The minimum Gasteiger partial charge on any atom is -0.288 e. The largest absolute Gasteiger partial charge is 0.441 e. The van der Waals surface area contributed by atoms with E-state index < -0.39 is 21.3 Å². The Bertz CT molecular complexity index is 746. The van der Waals surface area contributed by atoms with Gasteiger partial charge in [-0.2, -0.15) is 13.2 Å². The third-order valence-corrected chi connectivity index (χ3v) is 4.96. The number of fused-ring (bicyclic) bond motifs is 1. The van der Waals surface area contributed by atoms with Gasteiger partial charge in [-0.3, -0.25) is 4.40 Å². The molecule has 0 aliphatic carbocycles. The molecule has 0 saturated heterocycles. The fourth-order valence-electron chi connectivity index (χ4n) is 1.60. The molecule has 21 heavy (non-hydrogen) atoms. The maximum absolute atomic E-state index is 12.1. The van der Waals surface area contributed by atoms with Gasteiger partial charge in [-0.15, -0.1) is 0 Å². The molecule has 0 saturated carbocycles. The third kappa shape index (κ3) is 4.02. The summed E-state index contributed by atoms with van der Waals surface area (Å²) in [6.07, 6.45) is 1.45. The van der Waals surface area contributed by atoms with Crippen LogP contribution in [0, 0.1) is 0 Å². The minimum absolute atomic E-state index is 0.239. The van der Waals surface area contributed by atoms with Crippen LogP contribution in [0.4, 0.5) is 13.2 Å². The smallest absolute Gasteiger partial charge is 0.288 e. The first-order chi connectivity index (χ1) is 9.71. The van der Waals surface area contributed by atoms with Crippen LogP contribution >= 0.6 is 23.4 Å². The topological polar surface area (TPSA) is 63.5 Å². The van der Waals surface area contributed by atoms with Crippen molar-refractivity contribution in [1.29, 1.82) is 0 Å². The van der Waals surface area contributed by atoms with Gasteiger partial charge in [0.15, 0.2) is 10.2 Å². The number of aromatic nitrogens is 2. The summed E-state index contributed by atoms with van der Waals surface area (Å²) in [5.41, 5.74) is -4.07. The van der Waals surface area contributed by atoms with Gasteiger partial charge < -0.3 is 0 Å². The lowest BCUT2D eigenvalue weighted by molar-refractivity contribution is -0.0327. The molecule has 2 aromatic heterocycles. The highest BCUT2D eigenvalue weighted by molar-refractivity contribution is 8.00. The SMILES string of the molecule is O=S(=O)(NCCSC(F)(F)F)c1c(Cl)nc2ccccn12. The Kier molecular flexibility index (Phi) is 4.71. The first-order valence-electron chi connectivity index (χ1n) is 5.54. The van der Waals surface area contributed by atoms with Crippen molar-refractivity contribution in [3.8, 4) is 0 Å². The van der Waals surface area contributed by atoms with Crippen LogP contribution in [-0.4, -0.2) is 35.6 Å². The molecule has 2 rings (SSSR count). The summed E-state index contributed by atoms with van der Waals surface area (Å²) in [5.74, 6) is -0.433. The second-order valence-electron chi connectivity index (χ2n) is 3.83. The molecular weight excluding hydrogens is 351 g/mol. The average molecular weight is 360 g/mol. The van der Waals surface area contributed by atoms with Crippen molar-refractivity contribution in [1.82, 2.24) is 14.1 Å². The molecule has 0 bridgehead atoms. The van der Waals surface area contributed by atoms with E-state index in [1.165, 1.54) is 10.6 Å². The van der Waals surface area contributed by atoms with Crippen molar-refractivity contribution in [2.45, 2.75) is 10.5 Å². The minimum atomic E-state index is -4.40. The van der Waals surface area contributed by atoms with Gasteiger partial charge in [0.2, 0.25) is 0 Å².